The normalized spacial score (nSPS) is 19.7. The zero-order chi connectivity index (χ0) is 13.5. The standard InChI is InChI=1S/C16H24FNO/c17-15-8-6-14(7-9-15)16(19)10-13-18-11-4-2-1-3-5-12-18/h6-9,16,19H,1-5,10-13H2. The third kappa shape index (κ3) is 4.92. The van der Waals surface area contributed by atoms with Gasteiger partial charge in [0.2, 0.25) is 0 Å². The largest absolute Gasteiger partial charge is 0.388 e. The first-order valence-electron chi connectivity index (χ1n) is 7.41. The lowest BCUT2D eigenvalue weighted by Crippen LogP contribution is -2.29. The molecule has 1 fully saturated rings. The van der Waals surface area contributed by atoms with Crippen molar-refractivity contribution < 1.29 is 9.50 Å². The predicted molar refractivity (Wildman–Crippen MR) is 75.5 cm³/mol. The molecule has 3 heteroatoms. The topological polar surface area (TPSA) is 23.5 Å². The summed E-state index contributed by atoms with van der Waals surface area (Å²) in [6.07, 6.45) is 6.82. The minimum atomic E-state index is -0.481. The number of hydrogen-bond donors (Lipinski definition) is 1. The van der Waals surface area contributed by atoms with Gasteiger partial charge in [0, 0.05) is 6.54 Å². The van der Waals surface area contributed by atoms with Gasteiger partial charge in [-0.1, -0.05) is 31.4 Å². The molecular weight excluding hydrogens is 241 g/mol. The first-order valence-corrected chi connectivity index (χ1v) is 7.41. The van der Waals surface area contributed by atoms with Crippen LogP contribution in [0.3, 0.4) is 0 Å². The Morgan fingerprint density at radius 3 is 2.21 bits per heavy atom. The van der Waals surface area contributed by atoms with E-state index in [-0.39, 0.29) is 5.82 Å². The summed E-state index contributed by atoms with van der Waals surface area (Å²) in [5.74, 6) is -0.250. The first-order chi connectivity index (χ1) is 9.25. The Labute approximate surface area is 115 Å². The summed E-state index contributed by atoms with van der Waals surface area (Å²) in [6, 6.07) is 6.17. The highest BCUT2D eigenvalue weighted by Crippen LogP contribution is 2.18. The monoisotopic (exact) mass is 265 g/mol. The fraction of sp³-hybridized carbons (Fsp3) is 0.625. The summed E-state index contributed by atoms with van der Waals surface area (Å²) in [7, 11) is 0. The van der Waals surface area contributed by atoms with Crippen molar-refractivity contribution in [3.63, 3.8) is 0 Å². The van der Waals surface area contributed by atoms with Gasteiger partial charge in [-0.2, -0.15) is 0 Å². The molecular formula is C16H24FNO. The molecule has 0 bridgehead atoms. The van der Waals surface area contributed by atoms with Crippen LogP contribution < -0.4 is 0 Å². The first kappa shape index (κ1) is 14.5. The van der Waals surface area contributed by atoms with E-state index >= 15 is 0 Å². The third-order valence-electron chi connectivity index (χ3n) is 3.92. The molecule has 0 aromatic heterocycles. The zero-order valence-corrected chi connectivity index (χ0v) is 11.5. The van der Waals surface area contributed by atoms with E-state index in [1.807, 2.05) is 0 Å². The molecule has 1 aromatic carbocycles. The maximum atomic E-state index is 12.8. The number of nitrogens with zero attached hydrogens (tertiary/aromatic N) is 1. The maximum Gasteiger partial charge on any atom is 0.123 e. The smallest absolute Gasteiger partial charge is 0.123 e. The lowest BCUT2D eigenvalue weighted by Gasteiger charge is -2.25. The van der Waals surface area contributed by atoms with E-state index in [4.69, 9.17) is 0 Å². The molecule has 1 unspecified atom stereocenters. The van der Waals surface area contributed by atoms with Gasteiger partial charge in [-0.15, -0.1) is 0 Å². The van der Waals surface area contributed by atoms with Gasteiger partial charge >= 0.3 is 0 Å². The summed E-state index contributed by atoms with van der Waals surface area (Å²) >= 11 is 0. The average molecular weight is 265 g/mol. The fourth-order valence-corrected chi connectivity index (χ4v) is 2.69. The van der Waals surface area contributed by atoms with Crippen LogP contribution in [-0.2, 0) is 0 Å². The molecule has 0 saturated carbocycles. The number of hydrogen-bond acceptors (Lipinski definition) is 2. The van der Waals surface area contributed by atoms with Crippen LogP contribution >= 0.6 is 0 Å². The minimum absolute atomic E-state index is 0.250. The summed E-state index contributed by atoms with van der Waals surface area (Å²) in [5, 5.41) is 10.1. The Hall–Kier alpha value is -0.930. The minimum Gasteiger partial charge on any atom is -0.388 e. The van der Waals surface area contributed by atoms with Crippen molar-refractivity contribution in [2.24, 2.45) is 0 Å². The van der Waals surface area contributed by atoms with Crippen LogP contribution in [0.25, 0.3) is 0 Å². The van der Waals surface area contributed by atoms with E-state index in [1.165, 1.54) is 44.2 Å². The third-order valence-corrected chi connectivity index (χ3v) is 3.92. The van der Waals surface area contributed by atoms with Crippen molar-refractivity contribution in [1.29, 1.82) is 0 Å². The van der Waals surface area contributed by atoms with E-state index in [9.17, 15) is 9.50 Å². The molecule has 0 aliphatic carbocycles. The SMILES string of the molecule is OC(CCN1CCCCCCC1)c1ccc(F)cc1. The zero-order valence-electron chi connectivity index (χ0n) is 11.5. The number of aliphatic hydroxyl groups is 1. The van der Waals surface area contributed by atoms with Gasteiger partial charge in [0.25, 0.3) is 0 Å². The summed E-state index contributed by atoms with van der Waals surface area (Å²) in [5.41, 5.74) is 0.813. The Bertz CT molecular complexity index is 358. The summed E-state index contributed by atoms with van der Waals surface area (Å²) in [6.45, 7) is 3.23. The number of aliphatic hydroxyl groups excluding tert-OH is 1. The van der Waals surface area contributed by atoms with E-state index in [0.717, 1.165) is 31.6 Å². The van der Waals surface area contributed by atoms with Gasteiger partial charge in [-0.3, -0.25) is 0 Å². The highest BCUT2D eigenvalue weighted by atomic mass is 19.1. The number of benzene rings is 1. The van der Waals surface area contributed by atoms with Crippen LogP contribution in [0.5, 0.6) is 0 Å². The molecule has 2 rings (SSSR count). The number of rotatable bonds is 4. The summed E-state index contributed by atoms with van der Waals surface area (Å²) in [4.78, 5) is 2.45. The highest BCUT2D eigenvalue weighted by molar-refractivity contribution is 5.18. The Morgan fingerprint density at radius 2 is 1.58 bits per heavy atom. The number of likely N-dealkylation sites (tertiary alicyclic amines) is 1. The maximum absolute atomic E-state index is 12.8. The highest BCUT2D eigenvalue weighted by Gasteiger charge is 2.12. The van der Waals surface area contributed by atoms with Crippen LogP contribution in [0.1, 0.15) is 50.2 Å². The van der Waals surface area contributed by atoms with Crippen LogP contribution in [0.2, 0.25) is 0 Å². The molecule has 1 heterocycles. The molecule has 2 nitrogen and oxygen atoms in total. The summed E-state index contributed by atoms with van der Waals surface area (Å²) < 4.78 is 12.8. The fourth-order valence-electron chi connectivity index (χ4n) is 2.69. The lowest BCUT2D eigenvalue weighted by atomic mass is 10.0. The second-order valence-electron chi connectivity index (χ2n) is 5.47. The molecule has 1 atom stereocenters. The Balaban J connectivity index is 1.78. The van der Waals surface area contributed by atoms with E-state index in [0.29, 0.717) is 0 Å². The molecule has 0 spiro atoms. The van der Waals surface area contributed by atoms with Crippen molar-refractivity contribution >= 4 is 0 Å². The average Bonchev–Trinajstić information content (AvgIpc) is 2.38. The Kier molecular flexibility index (Phi) is 5.80. The second kappa shape index (κ2) is 7.61. The molecule has 0 radical (unpaired) electrons. The molecule has 0 amide bonds. The lowest BCUT2D eigenvalue weighted by molar-refractivity contribution is 0.138. The molecule has 1 aliphatic rings. The molecule has 106 valence electrons. The van der Waals surface area contributed by atoms with Gasteiger partial charge in [0.1, 0.15) is 5.82 Å². The van der Waals surface area contributed by atoms with Crippen molar-refractivity contribution in [2.75, 3.05) is 19.6 Å². The van der Waals surface area contributed by atoms with Crippen LogP contribution in [0, 0.1) is 5.82 Å². The van der Waals surface area contributed by atoms with E-state index in [2.05, 4.69) is 4.90 Å². The molecule has 1 N–H and O–H groups in total. The molecule has 1 saturated heterocycles. The van der Waals surface area contributed by atoms with Gasteiger partial charge in [0.05, 0.1) is 6.10 Å². The molecule has 1 aromatic rings. The number of halogens is 1. The van der Waals surface area contributed by atoms with Gasteiger partial charge in [-0.05, 0) is 50.0 Å². The van der Waals surface area contributed by atoms with Crippen molar-refractivity contribution in [2.45, 2.75) is 44.6 Å². The van der Waals surface area contributed by atoms with E-state index in [1.54, 1.807) is 12.1 Å². The second-order valence-corrected chi connectivity index (χ2v) is 5.47. The van der Waals surface area contributed by atoms with Gasteiger partial charge < -0.3 is 10.0 Å². The van der Waals surface area contributed by atoms with Crippen LogP contribution in [-0.4, -0.2) is 29.6 Å². The quantitative estimate of drug-likeness (QED) is 0.900. The van der Waals surface area contributed by atoms with Crippen LogP contribution in [0.15, 0.2) is 24.3 Å². The van der Waals surface area contributed by atoms with Gasteiger partial charge in [0.15, 0.2) is 0 Å². The van der Waals surface area contributed by atoms with Crippen molar-refractivity contribution in [3.05, 3.63) is 35.6 Å². The van der Waals surface area contributed by atoms with Gasteiger partial charge in [-0.25, -0.2) is 4.39 Å². The molecule has 19 heavy (non-hydrogen) atoms. The predicted octanol–water partition coefficient (Wildman–Crippen LogP) is 3.52. The molecule has 1 aliphatic heterocycles. The van der Waals surface area contributed by atoms with Crippen molar-refractivity contribution in [1.82, 2.24) is 4.90 Å². The van der Waals surface area contributed by atoms with Crippen LogP contribution in [0.4, 0.5) is 4.39 Å². The van der Waals surface area contributed by atoms with Crippen molar-refractivity contribution in [3.8, 4) is 0 Å². The van der Waals surface area contributed by atoms with E-state index < -0.39 is 6.10 Å². The Morgan fingerprint density at radius 1 is 1.00 bits per heavy atom.